The molecule has 0 aliphatic carbocycles. The molecule has 3 rings (SSSR count). The Morgan fingerprint density at radius 1 is 1.15 bits per heavy atom. The summed E-state index contributed by atoms with van der Waals surface area (Å²) in [4.78, 5) is 12.1. The highest BCUT2D eigenvalue weighted by atomic mass is 32.2. The zero-order valence-corrected chi connectivity index (χ0v) is 16.2. The van der Waals surface area contributed by atoms with Crippen LogP contribution in [0.15, 0.2) is 53.4 Å². The first-order valence-corrected chi connectivity index (χ1v) is 10.3. The van der Waals surface area contributed by atoms with Crippen molar-refractivity contribution in [3.8, 4) is 0 Å². The Hall–Kier alpha value is -2.38. The van der Waals surface area contributed by atoms with Crippen molar-refractivity contribution in [2.75, 3.05) is 24.1 Å². The molecule has 7 heteroatoms. The third-order valence-corrected chi connectivity index (χ3v) is 6.17. The molecule has 0 aromatic heterocycles. The molecule has 144 valence electrons. The zero-order chi connectivity index (χ0) is 19.4. The second-order valence-electron chi connectivity index (χ2n) is 6.40. The Morgan fingerprint density at radius 3 is 2.33 bits per heavy atom. The molecular weight excluding hydrogens is 366 g/mol. The van der Waals surface area contributed by atoms with Crippen LogP contribution in [0, 0.1) is 6.92 Å². The Morgan fingerprint density at radius 2 is 1.78 bits per heavy atom. The first-order valence-electron chi connectivity index (χ1n) is 8.90. The van der Waals surface area contributed by atoms with E-state index in [-0.39, 0.29) is 17.6 Å². The van der Waals surface area contributed by atoms with Gasteiger partial charge in [-0.25, -0.2) is 13.2 Å². The van der Waals surface area contributed by atoms with E-state index in [0.717, 1.165) is 5.56 Å². The van der Waals surface area contributed by atoms with Gasteiger partial charge in [-0.05, 0) is 56.7 Å². The van der Waals surface area contributed by atoms with E-state index >= 15 is 0 Å². The van der Waals surface area contributed by atoms with Crippen LogP contribution >= 0.6 is 0 Å². The summed E-state index contributed by atoms with van der Waals surface area (Å²) in [5.41, 5.74) is 1.88. The predicted octanol–water partition coefficient (Wildman–Crippen LogP) is 3.16. The minimum atomic E-state index is -3.72. The first-order chi connectivity index (χ1) is 12.9. The largest absolute Gasteiger partial charge is 0.462 e. The number of aryl methyl sites for hydroxylation is 1. The van der Waals surface area contributed by atoms with Crippen LogP contribution in [0.4, 0.5) is 5.69 Å². The molecule has 1 heterocycles. The van der Waals surface area contributed by atoms with Crippen LogP contribution in [-0.4, -0.2) is 40.2 Å². The molecule has 0 saturated carbocycles. The summed E-state index contributed by atoms with van der Waals surface area (Å²) in [5, 5.41) is 0. The Kier molecular flexibility index (Phi) is 5.82. The van der Waals surface area contributed by atoms with Crippen LogP contribution in [-0.2, 0) is 19.5 Å². The minimum Gasteiger partial charge on any atom is -0.462 e. The molecule has 0 radical (unpaired) electrons. The summed E-state index contributed by atoms with van der Waals surface area (Å²) < 4.78 is 38.0. The molecule has 1 atom stereocenters. The van der Waals surface area contributed by atoms with E-state index in [1.54, 1.807) is 55.5 Å². The molecule has 2 aromatic carbocycles. The number of rotatable bonds is 8. The van der Waals surface area contributed by atoms with E-state index in [2.05, 4.69) is 0 Å². The van der Waals surface area contributed by atoms with Gasteiger partial charge in [0.15, 0.2) is 0 Å². The van der Waals surface area contributed by atoms with Crippen molar-refractivity contribution in [2.24, 2.45) is 0 Å². The topological polar surface area (TPSA) is 76.2 Å². The molecule has 1 unspecified atom stereocenters. The van der Waals surface area contributed by atoms with E-state index in [4.69, 9.17) is 9.47 Å². The predicted molar refractivity (Wildman–Crippen MR) is 102 cm³/mol. The van der Waals surface area contributed by atoms with Crippen molar-refractivity contribution in [3.63, 3.8) is 0 Å². The Labute approximate surface area is 159 Å². The summed E-state index contributed by atoms with van der Waals surface area (Å²) in [6.07, 6.45) is 0.726. The van der Waals surface area contributed by atoms with Gasteiger partial charge in [-0.15, -0.1) is 0 Å². The lowest BCUT2D eigenvalue weighted by Crippen LogP contribution is -2.32. The third kappa shape index (κ3) is 4.67. The second kappa shape index (κ2) is 8.10. The van der Waals surface area contributed by atoms with Gasteiger partial charge in [-0.2, -0.15) is 0 Å². The first kappa shape index (κ1) is 19.4. The lowest BCUT2D eigenvalue weighted by molar-refractivity contribution is 0.0526. The molecule has 1 fully saturated rings. The number of esters is 1. The number of anilines is 1. The molecule has 1 aliphatic rings. The fourth-order valence-electron chi connectivity index (χ4n) is 2.70. The molecule has 2 aromatic rings. The highest BCUT2D eigenvalue weighted by molar-refractivity contribution is 7.92. The van der Waals surface area contributed by atoms with Crippen molar-refractivity contribution in [3.05, 3.63) is 59.7 Å². The van der Waals surface area contributed by atoms with Gasteiger partial charge >= 0.3 is 5.97 Å². The van der Waals surface area contributed by atoms with Gasteiger partial charge in [-0.3, -0.25) is 4.31 Å². The lowest BCUT2D eigenvalue weighted by Gasteiger charge is -2.24. The van der Waals surface area contributed by atoms with Gasteiger partial charge in [0.2, 0.25) is 0 Å². The smallest absolute Gasteiger partial charge is 0.338 e. The molecule has 0 bridgehead atoms. The normalized spacial score (nSPS) is 16.0. The number of ether oxygens (including phenoxy) is 2. The van der Waals surface area contributed by atoms with Crippen LogP contribution in [0.25, 0.3) is 0 Å². The molecule has 0 N–H and O–H groups in total. The quantitative estimate of drug-likeness (QED) is 0.512. The van der Waals surface area contributed by atoms with Crippen molar-refractivity contribution in [2.45, 2.75) is 31.3 Å². The maximum absolute atomic E-state index is 13.2. The minimum absolute atomic E-state index is 0.111. The van der Waals surface area contributed by atoms with Gasteiger partial charge in [0, 0.05) is 6.54 Å². The SMILES string of the molecule is CCOC(=O)c1ccc(N(CCC2CO2)S(=O)(=O)c2ccc(C)cc2)cc1. The molecule has 0 spiro atoms. The maximum Gasteiger partial charge on any atom is 0.338 e. The number of sulfonamides is 1. The number of carbonyl (C=O) groups is 1. The van der Waals surface area contributed by atoms with Gasteiger partial charge in [0.05, 0.1) is 35.5 Å². The third-order valence-electron chi connectivity index (χ3n) is 4.33. The van der Waals surface area contributed by atoms with Crippen molar-refractivity contribution in [1.82, 2.24) is 0 Å². The van der Waals surface area contributed by atoms with E-state index in [0.29, 0.717) is 30.8 Å². The summed E-state index contributed by atoms with van der Waals surface area (Å²) in [5.74, 6) is -0.427. The van der Waals surface area contributed by atoms with E-state index < -0.39 is 16.0 Å². The van der Waals surface area contributed by atoms with Gasteiger partial charge in [0.1, 0.15) is 0 Å². The standard InChI is InChI=1S/C20H23NO5S/c1-3-25-20(22)16-6-8-17(9-7-16)21(13-12-18-14-26-18)27(23,24)19-10-4-15(2)5-11-19/h4-11,18H,3,12-14H2,1-2H3. The summed E-state index contributed by atoms with van der Waals surface area (Å²) in [6, 6.07) is 13.2. The van der Waals surface area contributed by atoms with E-state index in [1.165, 1.54) is 4.31 Å². The maximum atomic E-state index is 13.2. The highest BCUT2D eigenvalue weighted by Crippen LogP contribution is 2.26. The van der Waals surface area contributed by atoms with Crippen molar-refractivity contribution in [1.29, 1.82) is 0 Å². The van der Waals surface area contributed by atoms with Crippen LogP contribution in [0.5, 0.6) is 0 Å². The fourth-order valence-corrected chi connectivity index (χ4v) is 4.18. The highest BCUT2D eigenvalue weighted by Gasteiger charge is 2.29. The fraction of sp³-hybridized carbons (Fsp3) is 0.350. The Balaban J connectivity index is 1.90. The van der Waals surface area contributed by atoms with E-state index in [1.807, 2.05) is 6.92 Å². The lowest BCUT2D eigenvalue weighted by atomic mass is 10.2. The number of hydrogen-bond donors (Lipinski definition) is 0. The van der Waals surface area contributed by atoms with Gasteiger partial charge < -0.3 is 9.47 Å². The number of nitrogens with zero attached hydrogens (tertiary/aromatic N) is 1. The molecule has 1 aliphatic heterocycles. The summed E-state index contributed by atoms with van der Waals surface area (Å²) in [6.45, 7) is 4.91. The van der Waals surface area contributed by atoms with Crippen molar-refractivity contribution < 1.29 is 22.7 Å². The molecule has 27 heavy (non-hydrogen) atoms. The van der Waals surface area contributed by atoms with Crippen molar-refractivity contribution >= 4 is 21.7 Å². The van der Waals surface area contributed by atoms with Crippen LogP contribution in [0.1, 0.15) is 29.3 Å². The van der Waals surface area contributed by atoms with E-state index in [9.17, 15) is 13.2 Å². The molecule has 1 saturated heterocycles. The van der Waals surface area contributed by atoms with Gasteiger partial charge in [-0.1, -0.05) is 17.7 Å². The zero-order valence-electron chi connectivity index (χ0n) is 15.4. The number of hydrogen-bond acceptors (Lipinski definition) is 5. The molecular formula is C20H23NO5S. The monoisotopic (exact) mass is 389 g/mol. The summed E-state index contributed by atoms with van der Waals surface area (Å²) in [7, 11) is -3.72. The van der Waals surface area contributed by atoms with Gasteiger partial charge in [0.25, 0.3) is 10.0 Å². The Bertz CT molecular complexity index is 887. The number of carbonyl (C=O) groups excluding carboxylic acids is 1. The van der Waals surface area contributed by atoms with Crippen LogP contribution in [0.2, 0.25) is 0 Å². The number of benzene rings is 2. The average molecular weight is 389 g/mol. The van der Waals surface area contributed by atoms with Crippen LogP contribution in [0.3, 0.4) is 0 Å². The summed E-state index contributed by atoms with van der Waals surface area (Å²) >= 11 is 0. The molecule has 0 amide bonds. The second-order valence-corrected chi connectivity index (χ2v) is 8.26. The number of epoxide rings is 1. The average Bonchev–Trinajstić information content (AvgIpc) is 3.47. The van der Waals surface area contributed by atoms with Crippen LogP contribution < -0.4 is 4.31 Å². The molecule has 6 nitrogen and oxygen atoms in total.